The summed E-state index contributed by atoms with van der Waals surface area (Å²) < 4.78 is 0. The third kappa shape index (κ3) is 3.93. The highest BCUT2D eigenvalue weighted by Gasteiger charge is 2.36. The van der Waals surface area contributed by atoms with Crippen molar-refractivity contribution >= 4 is 17.5 Å². The monoisotopic (exact) mass is 310 g/mol. The summed E-state index contributed by atoms with van der Waals surface area (Å²) in [5.41, 5.74) is 7.11. The lowest BCUT2D eigenvalue weighted by Crippen LogP contribution is -2.45. The van der Waals surface area contributed by atoms with Crippen LogP contribution in [0.25, 0.3) is 0 Å². The average molecular weight is 311 g/mol. The van der Waals surface area contributed by atoms with Gasteiger partial charge in [0, 0.05) is 38.4 Å². The molecule has 116 valence electrons. The van der Waals surface area contributed by atoms with Crippen molar-refractivity contribution in [2.24, 2.45) is 5.73 Å². The lowest BCUT2D eigenvalue weighted by molar-refractivity contribution is -0.135. The van der Waals surface area contributed by atoms with Crippen molar-refractivity contribution in [2.75, 3.05) is 19.6 Å². The van der Waals surface area contributed by atoms with Crippen LogP contribution in [-0.4, -0.2) is 52.4 Å². The molecule has 2 rings (SSSR count). The fourth-order valence-corrected chi connectivity index (χ4v) is 2.96. The largest absolute Gasteiger partial charge is 0.342 e. The van der Waals surface area contributed by atoms with Gasteiger partial charge in [0.1, 0.15) is 5.15 Å². The van der Waals surface area contributed by atoms with Crippen LogP contribution >= 0.6 is 11.6 Å². The summed E-state index contributed by atoms with van der Waals surface area (Å²) in [4.78, 5) is 20.7. The molecule has 5 nitrogen and oxygen atoms in total. The van der Waals surface area contributed by atoms with Gasteiger partial charge in [0.05, 0.1) is 6.04 Å². The van der Waals surface area contributed by atoms with Crippen molar-refractivity contribution in [1.29, 1.82) is 0 Å². The van der Waals surface area contributed by atoms with Crippen LogP contribution in [0.1, 0.15) is 25.8 Å². The Hall–Kier alpha value is -1.17. The lowest BCUT2D eigenvalue weighted by atomic mass is 10.1. The molecule has 1 amide bonds. The zero-order valence-corrected chi connectivity index (χ0v) is 13.4. The first-order chi connectivity index (χ1) is 10.0. The number of aromatic nitrogens is 1. The number of pyridine rings is 1. The second-order valence-corrected chi connectivity index (χ2v) is 5.83. The molecule has 2 atom stereocenters. The number of nitrogens with zero attached hydrogens (tertiary/aromatic N) is 3. The third-order valence-electron chi connectivity index (χ3n) is 3.97. The van der Waals surface area contributed by atoms with Gasteiger partial charge in [0.2, 0.25) is 5.91 Å². The highest BCUT2D eigenvalue weighted by Crippen LogP contribution is 2.21. The predicted octanol–water partition coefficient (Wildman–Crippen LogP) is 1.51. The Morgan fingerprint density at radius 1 is 1.48 bits per heavy atom. The summed E-state index contributed by atoms with van der Waals surface area (Å²) >= 11 is 5.80. The molecule has 1 aromatic rings. The van der Waals surface area contributed by atoms with Crippen LogP contribution in [0.2, 0.25) is 5.15 Å². The van der Waals surface area contributed by atoms with E-state index in [0.29, 0.717) is 11.7 Å². The van der Waals surface area contributed by atoms with Gasteiger partial charge in [0.15, 0.2) is 0 Å². The molecule has 1 saturated heterocycles. The zero-order chi connectivity index (χ0) is 15.4. The fourth-order valence-electron chi connectivity index (χ4n) is 2.85. The minimum Gasteiger partial charge on any atom is -0.342 e. The number of halogens is 1. The highest BCUT2D eigenvalue weighted by molar-refractivity contribution is 6.29. The Balaban J connectivity index is 2.09. The maximum Gasteiger partial charge on any atom is 0.239 e. The number of amides is 1. The number of hydrogen-bond donors (Lipinski definition) is 1. The standard InChI is InChI=1S/C15H23ClN4O/c1-3-19(4-2)15(21)13-7-12(17)10-20(13)9-11-5-6-14(16)18-8-11/h5-6,8,12-13H,3-4,7,9-10,17H2,1-2H3/t12-,13+/m1/s1. The van der Waals surface area contributed by atoms with E-state index in [4.69, 9.17) is 17.3 Å². The number of rotatable bonds is 5. The number of carbonyl (C=O) groups is 1. The molecule has 21 heavy (non-hydrogen) atoms. The summed E-state index contributed by atoms with van der Waals surface area (Å²) in [5.74, 6) is 0.176. The summed E-state index contributed by atoms with van der Waals surface area (Å²) in [7, 11) is 0. The van der Waals surface area contributed by atoms with Gasteiger partial charge in [-0.25, -0.2) is 4.98 Å². The summed E-state index contributed by atoms with van der Waals surface area (Å²) in [5, 5.41) is 0.479. The molecule has 0 spiro atoms. The molecule has 1 fully saturated rings. The van der Waals surface area contributed by atoms with Crippen molar-refractivity contribution in [1.82, 2.24) is 14.8 Å². The highest BCUT2D eigenvalue weighted by atomic mass is 35.5. The van der Waals surface area contributed by atoms with Crippen molar-refractivity contribution in [3.05, 3.63) is 29.0 Å². The molecule has 0 unspecified atom stereocenters. The van der Waals surface area contributed by atoms with Crippen LogP contribution in [0, 0.1) is 0 Å². The first-order valence-corrected chi connectivity index (χ1v) is 7.81. The van der Waals surface area contributed by atoms with Crippen LogP contribution in [-0.2, 0) is 11.3 Å². The van der Waals surface area contributed by atoms with Crippen molar-refractivity contribution in [2.45, 2.75) is 38.9 Å². The van der Waals surface area contributed by atoms with Gasteiger partial charge in [-0.3, -0.25) is 9.69 Å². The summed E-state index contributed by atoms with van der Waals surface area (Å²) in [6.45, 7) is 6.89. The van der Waals surface area contributed by atoms with E-state index < -0.39 is 0 Å². The first-order valence-electron chi connectivity index (χ1n) is 7.44. The molecule has 2 heterocycles. The van der Waals surface area contributed by atoms with Gasteiger partial charge in [-0.05, 0) is 31.9 Å². The van der Waals surface area contributed by atoms with Crippen LogP contribution in [0.4, 0.5) is 0 Å². The predicted molar refractivity (Wildman–Crippen MR) is 84.0 cm³/mol. The number of hydrogen-bond acceptors (Lipinski definition) is 4. The van der Waals surface area contributed by atoms with E-state index in [1.807, 2.05) is 24.8 Å². The molecular weight excluding hydrogens is 288 g/mol. The average Bonchev–Trinajstić information content (AvgIpc) is 2.83. The molecule has 0 radical (unpaired) electrons. The molecule has 1 aromatic heterocycles. The van der Waals surface area contributed by atoms with E-state index in [1.165, 1.54) is 0 Å². The normalized spacial score (nSPS) is 22.5. The van der Waals surface area contributed by atoms with Crippen LogP contribution in [0.3, 0.4) is 0 Å². The molecule has 2 N–H and O–H groups in total. The van der Waals surface area contributed by atoms with Crippen LogP contribution < -0.4 is 5.73 Å². The first kappa shape index (κ1) is 16.2. The second kappa shape index (κ2) is 7.20. The number of likely N-dealkylation sites (tertiary alicyclic amines) is 1. The summed E-state index contributed by atoms with van der Waals surface area (Å²) in [6, 6.07) is 3.64. The Bertz CT molecular complexity index is 475. The maximum atomic E-state index is 12.6. The molecular formula is C15H23ClN4O. The molecule has 0 aliphatic carbocycles. The third-order valence-corrected chi connectivity index (χ3v) is 4.19. The maximum absolute atomic E-state index is 12.6. The lowest BCUT2D eigenvalue weighted by Gasteiger charge is -2.28. The number of likely N-dealkylation sites (N-methyl/N-ethyl adjacent to an activating group) is 1. The molecule has 6 heteroatoms. The topological polar surface area (TPSA) is 62.5 Å². The van der Waals surface area contributed by atoms with E-state index in [1.54, 1.807) is 12.3 Å². The minimum absolute atomic E-state index is 0.0507. The summed E-state index contributed by atoms with van der Waals surface area (Å²) in [6.07, 6.45) is 2.47. The Morgan fingerprint density at radius 3 is 2.76 bits per heavy atom. The Morgan fingerprint density at radius 2 is 2.19 bits per heavy atom. The molecule has 0 saturated carbocycles. The molecule has 1 aliphatic heterocycles. The van der Waals surface area contributed by atoms with Gasteiger partial charge < -0.3 is 10.6 Å². The van der Waals surface area contributed by atoms with Gasteiger partial charge in [-0.1, -0.05) is 17.7 Å². The quantitative estimate of drug-likeness (QED) is 0.837. The van der Waals surface area contributed by atoms with E-state index >= 15 is 0 Å². The number of nitrogens with two attached hydrogens (primary N) is 1. The van der Waals surface area contributed by atoms with E-state index in [2.05, 4.69) is 9.88 Å². The van der Waals surface area contributed by atoms with Crippen molar-refractivity contribution < 1.29 is 4.79 Å². The SMILES string of the molecule is CCN(CC)C(=O)[C@@H]1C[C@@H](N)CN1Cc1ccc(Cl)nc1. The zero-order valence-electron chi connectivity index (χ0n) is 12.6. The fraction of sp³-hybridized carbons (Fsp3) is 0.600. The van der Waals surface area contributed by atoms with Gasteiger partial charge in [-0.15, -0.1) is 0 Å². The van der Waals surface area contributed by atoms with Gasteiger partial charge in [-0.2, -0.15) is 0 Å². The number of carbonyl (C=O) groups excluding carboxylic acids is 1. The van der Waals surface area contributed by atoms with Gasteiger partial charge >= 0.3 is 0 Å². The van der Waals surface area contributed by atoms with Crippen molar-refractivity contribution in [3.63, 3.8) is 0 Å². The Kier molecular flexibility index (Phi) is 5.56. The molecule has 1 aliphatic rings. The molecule has 0 bridgehead atoms. The van der Waals surface area contributed by atoms with Gasteiger partial charge in [0.25, 0.3) is 0 Å². The van der Waals surface area contributed by atoms with Crippen molar-refractivity contribution in [3.8, 4) is 0 Å². The Labute approximate surface area is 131 Å². The molecule has 0 aromatic carbocycles. The van der Waals surface area contributed by atoms with Crippen LogP contribution in [0.15, 0.2) is 18.3 Å². The van der Waals surface area contributed by atoms with E-state index in [9.17, 15) is 4.79 Å². The second-order valence-electron chi connectivity index (χ2n) is 5.44. The van der Waals surface area contributed by atoms with E-state index in [0.717, 1.165) is 31.6 Å². The van der Waals surface area contributed by atoms with E-state index in [-0.39, 0.29) is 18.0 Å². The van der Waals surface area contributed by atoms with Crippen LogP contribution in [0.5, 0.6) is 0 Å². The minimum atomic E-state index is -0.129. The smallest absolute Gasteiger partial charge is 0.239 e.